The van der Waals surface area contributed by atoms with Crippen molar-refractivity contribution in [1.29, 1.82) is 0 Å². The highest BCUT2D eigenvalue weighted by Crippen LogP contribution is 2.37. The van der Waals surface area contributed by atoms with Crippen LogP contribution in [0.1, 0.15) is 36.4 Å². The lowest BCUT2D eigenvalue weighted by molar-refractivity contribution is -0.139. The van der Waals surface area contributed by atoms with Crippen LogP contribution in [0.3, 0.4) is 0 Å². The topological polar surface area (TPSA) is 26.0 Å². The maximum atomic E-state index is 12.8. The van der Waals surface area contributed by atoms with Crippen molar-refractivity contribution >= 4 is 15.9 Å². The molecule has 0 bridgehead atoms. The summed E-state index contributed by atoms with van der Waals surface area (Å²) in [5, 5.41) is 0. The van der Waals surface area contributed by atoms with Crippen molar-refractivity contribution < 1.29 is 26.3 Å². The molecule has 1 rings (SSSR count). The van der Waals surface area contributed by atoms with Crippen LogP contribution in [0.4, 0.5) is 26.3 Å². The molecule has 0 saturated heterocycles. The third kappa shape index (κ3) is 5.32. The van der Waals surface area contributed by atoms with Crippen LogP contribution < -0.4 is 5.73 Å². The second kappa shape index (κ2) is 6.34. The monoisotopic (exact) mass is 363 g/mol. The first kappa shape index (κ1) is 17.3. The van der Waals surface area contributed by atoms with E-state index in [0.29, 0.717) is 0 Å². The second-order valence-electron chi connectivity index (χ2n) is 4.34. The largest absolute Gasteiger partial charge is 0.416 e. The third-order valence-electron chi connectivity index (χ3n) is 2.70. The van der Waals surface area contributed by atoms with E-state index < -0.39 is 30.4 Å². The molecule has 1 unspecified atom stereocenters. The molecule has 1 aromatic carbocycles. The van der Waals surface area contributed by atoms with Crippen LogP contribution in [-0.4, -0.2) is 6.18 Å². The number of rotatable bonds is 4. The molecule has 20 heavy (non-hydrogen) atoms. The SMILES string of the molecule is NC(CCCC(F)(F)F)c1ccc(Br)cc1C(F)(F)F. The van der Waals surface area contributed by atoms with Gasteiger partial charge in [-0.1, -0.05) is 22.0 Å². The fourth-order valence-electron chi connectivity index (χ4n) is 1.78. The molecule has 114 valence electrons. The molecule has 2 N–H and O–H groups in total. The van der Waals surface area contributed by atoms with Gasteiger partial charge in [-0.25, -0.2) is 0 Å². The molecule has 1 nitrogen and oxygen atoms in total. The van der Waals surface area contributed by atoms with Crippen molar-refractivity contribution in [3.05, 3.63) is 33.8 Å². The molecule has 0 aliphatic rings. The van der Waals surface area contributed by atoms with Gasteiger partial charge < -0.3 is 5.73 Å². The van der Waals surface area contributed by atoms with Crippen LogP contribution in [0.15, 0.2) is 22.7 Å². The standard InChI is InChI=1S/C12H12BrF6N/c13-7-3-4-8(9(6-7)12(17,18)19)10(20)2-1-5-11(14,15)16/h3-4,6,10H,1-2,5,20H2. The molecule has 0 saturated carbocycles. The van der Waals surface area contributed by atoms with Gasteiger partial charge in [0.2, 0.25) is 0 Å². The minimum atomic E-state index is -4.60. The molecular formula is C12H12BrF6N. The Bertz CT molecular complexity index is 454. The van der Waals surface area contributed by atoms with E-state index in [1.54, 1.807) is 0 Å². The highest BCUT2D eigenvalue weighted by molar-refractivity contribution is 9.10. The van der Waals surface area contributed by atoms with E-state index in [-0.39, 0.29) is 22.9 Å². The van der Waals surface area contributed by atoms with Gasteiger partial charge in [0.25, 0.3) is 0 Å². The number of alkyl halides is 6. The lowest BCUT2D eigenvalue weighted by Crippen LogP contribution is -2.18. The predicted octanol–water partition coefficient (Wildman–Crippen LogP) is 5.20. The molecule has 0 amide bonds. The van der Waals surface area contributed by atoms with Crippen LogP contribution in [0.2, 0.25) is 0 Å². The van der Waals surface area contributed by atoms with Gasteiger partial charge in [0, 0.05) is 16.9 Å². The van der Waals surface area contributed by atoms with E-state index in [2.05, 4.69) is 15.9 Å². The van der Waals surface area contributed by atoms with E-state index in [1.165, 1.54) is 12.1 Å². The summed E-state index contributed by atoms with van der Waals surface area (Å²) in [6, 6.07) is 2.36. The Morgan fingerprint density at radius 2 is 1.70 bits per heavy atom. The third-order valence-corrected chi connectivity index (χ3v) is 3.19. The summed E-state index contributed by atoms with van der Waals surface area (Å²) in [6.07, 6.45) is -10.5. The molecule has 0 aliphatic carbocycles. The molecule has 0 aromatic heterocycles. The van der Waals surface area contributed by atoms with Gasteiger partial charge in [-0.2, -0.15) is 26.3 Å². The van der Waals surface area contributed by atoms with Crippen molar-refractivity contribution in [2.45, 2.75) is 37.7 Å². The first-order valence-corrected chi connectivity index (χ1v) is 6.49. The van der Waals surface area contributed by atoms with Crippen LogP contribution in [0, 0.1) is 0 Å². The number of hydrogen-bond donors (Lipinski definition) is 1. The molecule has 0 aliphatic heterocycles. The van der Waals surface area contributed by atoms with E-state index >= 15 is 0 Å². The molecule has 0 spiro atoms. The molecular weight excluding hydrogens is 352 g/mol. The normalized spacial score (nSPS) is 14.4. The number of benzene rings is 1. The Hall–Kier alpha value is -0.760. The quantitative estimate of drug-likeness (QED) is 0.731. The zero-order valence-electron chi connectivity index (χ0n) is 10.2. The molecule has 0 heterocycles. The molecule has 0 fully saturated rings. The summed E-state index contributed by atoms with van der Waals surface area (Å²) in [4.78, 5) is 0. The Morgan fingerprint density at radius 3 is 2.20 bits per heavy atom. The molecule has 8 heteroatoms. The maximum Gasteiger partial charge on any atom is 0.416 e. The minimum Gasteiger partial charge on any atom is -0.324 e. The van der Waals surface area contributed by atoms with Gasteiger partial charge in [0.15, 0.2) is 0 Å². The van der Waals surface area contributed by atoms with Gasteiger partial charge in [-0.05, 0) is 30.5 Å². The van der Waals surface area contributed by atoms with Crippen molar-refractivity contribution in [1.82, 2.24) is 0 Å². The number of nitrogens with two attached hydrogens (primary N) is 1. The fourth-order valence-corrected chi connectivity index (χ4v) is 2.14. The van der Waals surface area contributed by atoms with E-state index in [9.17, 15) is 26.3 Å². The summed E-state index contributed by atoms with van der Waals surface area (Å²) in [5.74, 6) is 0. The lowest BCUT2D eigenvalue weighted by Gasteiger charge is -2.19. The summed E-state index contributed by atoms with van der Waals surface area (Å²) >= 11 is 2.93. The Morgan fingerprint density at radius 1 is 1.10 bits per heavy atom. The number of hydrogen-bond acceptors (Lipinski definition) is 1. The predicted molar refractivity (Wildman–Crippen MR) is 66.0 cm³/mol. The lowest BCUT2D eigenvalue weighted by atomic mass is 9.96. The van der Waals surface area contributed by atoms with Crippen molar-refractivity contribution in [3.63, 3.8) is 0 Å². The van der Waals surface area contributed by atoms with Crippen molar-refractivity contribution in [2.24, 2.45) is 5.73 Å². The van der Waals surface area contributed by atoms with E-state index in [0.717, 1.165) is 6.07 Å². The minimum absolute atomic E-state index is 0.162. The van der Waals surface area contributed by atoms with E-state index in [1.807, 2.05) is 0 Å². The van der Waals surface area contributed by atoms with Crippen molar-refractivity contribution in [3.8, 4) is 0 Å². The van der Waals surface area contributed by atoms with Crippen LogP contribution >= 0.6 is 15.9 Å². The zero-order chi connectivity index (χ0) is 15.6. The number of halogens is 7. The van der Waals surface area contributed by atoms with Gasteiger partial charge in [-0.15, -0.1) is 0 Å². The van der Waals surface area contributed by atoms with Crippen LogP contribution in [0.25, 0.3) is 0 Å². The summed E-state index contributed by atoms with van der Waals surface area (Å²) < 4.78 is 74.8. The van der Waals surface area contributed by atoms with Gasteiger partial charge in [0.1, 0.15) is 0 Å². The van der Waals surface area contributed by atoms with Gasteiger partial charge in [0.05, 0.1) is 5.56 Å². The zero-order valence-corrected chi connectivity index (χ0v) is 11.7. The van der Waals surface area contributed by atoms with Crippen LogP contribution in [-0.2, 0) is 6.18 Å². The highest BCUT2D eigenvalue weighted by Gasteiger charge is 2.35. The summed E-state index contributed by atoms with van der Waals surface area (Å²) in [6.45, 7) is 0. The van der Waals surface area contributed by atoms with Gasteiger partial charge >= 0.3 is 12.4 Å². The second-order valence-corrected chi connectivity index (χ2v) is 5.26. The summed E-state index contributed by atoms with van der Waals surface area (Å²) in [5.41, 5.74) is 4.47. The summed E-state index contributed by atoms with van der Waals surface area (Å²) in [7, 11) is 0. The maximum absolute atomic E-state index is 12.8. The Labute approximate surface area is 120 Å². The van der Waals surface area contributed by atoms with Crippen LogP contribution in [0.5, 0.6) is 0 Å². The first-order chi connectivity index (χ1) is 9.00. The van der Waals surface area contributed by atoms with E-state index in [4.69, 9.17) is 5.73 Å². The average Bonchev–Trinajstić information content (AvgIpc) is 2.25. The molecule has 0 radical (unpaired) electrons. The average molecular weight is 364 g/mol. The van der Waals surface area contributed by atoms with Gasteiger partial charge in [-0.3, -0.25) is 0 Å². The molecule has 1 atom stereocenters. The smallest absolute Gasteiger partial charge is 0.324 e. The molecule has 1 aromatic rings. The Kier molecular flexibility index (Phi) is 5.48. The van der Waals surface area contributed by atoms with Crippen molar-refractivity contribution in [2.75, 3.05) is 0 Å². The Balaban J connectivity index is 2.85. The highest BCUT2D eigenvalue weighted by atomic mass is 79.9. The fraction of sp³-hybridized carbons (Fsp3) is 0.500. The first-order valence-electron chi connectivity index (χ1n) is 5.69.